The summed E-state index contributed by atoms with van der Waals surface area (Å²) in [7, 11) is -3.30. The fourth-order valence-corrected chi connectivity index (χ4v) is 3.46. The lowest BCUT2D eigenvalue weighted by molar-refractivity contribution is -0.116. The monoisotopic (exact) mass is 357 g/mol. The van der Waals surface area contributed by atoms with Crippen molar-refractivity contribution < 1.29 is 18.0 Å². The van der Waals surface area contributed by atoms with Gasteiger partial charge in [0.1, 0.15) is 5.78 Å². The zero-order chi connectivity index (χ0) is 16.5. The van der Waals surface area contributed by atoms with Crippen molar-refractivity contribution in [3.05, 3.63) is 30.5 Å². The number of aromatic nitrogens is 1. The normalized spacial score (nSPS) is 13.0. The van der Waals surface area contributed by atoms with Crippen molar-refractivity contribution in [2.45, 2.75) is 24.0 Å². The summed E-state index contributed by atoms with van der Waals surface area (Å²) >= 11 is 6.26. The number of carbonyl (C=O) groups is 1. The number of carbonyl (C=O) groups excluding carboxylic acids is 1. The van der Waals surface area contributed by atoms with E-state index < -0.39 is 9.84 Å². The molecule has 0 saturated carbocycles. The van der Waals surface area contributed by atoms with Gasteiger partial charge >= 0.3 is 0 Å². The minimum Gasteiger partial charge on any atom is -0.356 e. The van der Waals surface area contributed by atoms with Crippen molar-refractivity contribution in [3.63, 3.8) is 0 Å². The molecular weight excluding hydrogens is 342 g/mol. The molecular formula is C14H15NO4S3. The van der Waals surface area contributed by atoms with E-state index >= 15 is 0 Å². The van der Waals surface area contributed by atoms with Crippen molar-refractivity contribution >= 4 is 54.9 Å². The second-order valence-electron chi connectivity index (χ2n) is 4.85. The maximum Gasteiger partial charge on any atom is 0.254 e. The van der Waals surface area contributed by atoms with Gasteiger partial charge in [0.05, 0.1) is 15.7 Å². The van der Waals surface area contributed by atoms with E-state index in [1.54, 1.807) is 31.3 Å². The van der Waals surface area contributed by atoms with Crippen LogP contribution in [0.4, 0.5) is 0 Å². The second-order valence-corrected chi connectivity index (χ2v) is 8.80. The van der Waals surface area contributed by atoms with Gasteiger partial charge in [0.25, 0.3) is 4.38 Å². The molecule has 118 valence electrons. The first-order valence-corrected chi connectivity index (χ1v) is 9.57. The summed E-state index contributed by atoms with van der Waals surface area (Å²) < 4.78 is 24.9. The van der Waals surface area contributed by atoms with Crippen LogP contribution >= 0.6 is 24.0 Å². The molecule has 0 spiro atoms. The summed E-state index contributed by atoms with van der Waals surface area (Å²) in [4.78, 5) is 17.0. The Morgan fingerprint density at radius 1 is 1.36 bits per heavy atom. The summed E-state index contributed by atoms with van der Waals surface area (Å²) in [5.41, 5.74) is 0.598. The molecule has 0 aliphatic rings. The molecule has 22 heavy (non-hydrogen) atoms. The van der Waals surface area contributed by atoms with E-state index in [1.165, 1.54) is 17.7 Å². The van der Waals surface area contributed by atoms with E-state index in [4.69, 9.17) is 17.1 Å². The molecule has 1 unspecified atom stereocenters. The largest absolute Gasteiger partial charge is 0.356 e. The standard InChI is InChI=1S/C14H15NO4S3/c1-9(16)10(2)21-14(20)19-15-7-6-11-4-5-12(8-13(11)15)22(3,17)18/h4-8,10H,1-3H3. The predicted octanol–water partition coefficient (Wildman–Crippen LogP) is 2.47. The van der Waals surface area contributed by atoms with Crippen LogP contribution in [0.15, 0.2) is 35.4 Å². The average Bonchev–Trinajstić information content (AvgIpc) is 2.80. The minimum atomic E-state index is -3.30. The topological polar surface area (TPSA) is 65.4 Å². The molecule has 0 amide bonds. The van der Waals surface area contributed by atoms with E-state index in [2.05, 4.69) is 0 Å². The van der Waals surface area contributed by atoms with Crippen LogP contribution in [0.1, 0.15) is 13.8 Å². The zero-order valence-electron chi connectivity index (χ0n) is 12.3. The van der Waals surface area contributed by atoms with Gasteiger partial charge in [-0.3, -0.25) is 4.79 Å². The first-order valence-electron chi connectivity index (χ1n) is 6.39. The summed E-state index contributed by atoms with van der Waals surface area (Å²) in [5.74, 6) is 0.00711. The molecule has 0 N–H and O–H groups in total. The Bertz CT molecular complexity index is 839. The van der Waals surface area contributed by atoms with E-state index in [0.29, 0.717) is 5.52 Å². The lowest BCUT2D eigenvalue weighted by atomic mass is 10.2. The Labute approximate surface area is 138 Å². The first-order chi connectivity index (χ1) is 10.2. The molecule has 0 fully saturated rings. The van der Waals surface area contributed by atoms with Gasteiger partial charge < -0.3 is 4.84 Å². The lowest BCUT2D eigenvalue weighted by Crippen LogP contribution is -2.19. The highest BCUT2D eigenvalue weighted by Crippen LogP contribution is 2.21. The quantitative estimate of drug-likeness (QED) is 0.783. The van der Waals surface area contributed by atoms with Gasteiger partial charge in [0.15, 0.2) is 9.84 Å². The highest BCUT2D eigenvalue weighted by molar-refractivity contribution is 8.23. The fourth-order valence-electron chi connectivity index (χ4n) is 1.72. The molecule has 0 saturated heterocycles. The minimum absolute atomic E-state index is 0.00711. The van der Waals surface area contributed by atoms with Crippen molar-refractivity contribution in [1.82, 2.24) is 4.73 Å². The molecule has 1 aromatic heterocycles. The van der Waals surface area contributed by atoms with Crippen LogP contribution < -0.4 is 4.84 Å². The van der Waals surface area contributed by atoms with Crippen LogP contribution in [-0.4, -0.2) is 34.8 Å². The van der Waals surface area contributed by atoms with Crippen LogP contribution in [-0.2, 0) is 14.6 Å². The van der Waals surface area contributed by atoms with Gasteiger partial charge in [-0.15, -0.1) is 0 Å². The van der Waals surface area contributed by atoms with Crippen LogP contribution in [0.2, 0.25) is 0 Å². The summed E-state index contributed by atoms with van der Waals surface area (Å²) in [6, 6.07) is 6.59. The second kappa shape index (κ2) is 6.39. The number of ketones is 1. The van der Waals surface area contributed by atoms with Gasteiger partial charge in [-0.25, -0.2) is 8.42 Å². The molecule has 2 aromatic rings. The summed E-state index contributed by atoms with van der Waals surface area (Å²) in [5, 5.41) is 0.542. The van der Waals surface area contributed by atoms with Crippen LogP contribution in [0.5, 0.6) is 0 Å². The highest BCUT2D eigenvalue weighted by atomic mass is 32.2. The molecule has 8 heteroatoms. The molecule has 2 rings (SSSR count). The fraction of sp³-hybridized carbons (Fsp3) is 0.286. The first kappa shape index (κ1) is 17.0. The third kappa shape index (κ3) is 3.88. The maximum atomic E-state index is 11.6. The number of Topliss-reactive ketones (excluding diaryl/α,β-unsaturated/α-hetero) is 1. The number of nitrogens with zero attached hydrogens (tertiary/aromatic N) is 1. The number of fused-ring (bicyclic) bond motifs is 1. The zero-order valence-corrected chi connectivity index (χ0v) is 14.7. The van der Waals surface area contributed by atoms with Gasteiger partial charge in [0.2, 0.25) is 0 Å². The Morgan fingerprint density at radius 3 is 2.64 bits per heavy atom. The summed E-state index contributed by atoms with van der Waals surface area (Å²) in [6.45, 7) is 3.24. The Hall–Kier alpha value is -1.38. The highest BCUT2D eigenvalue weighted by Gasteiger charge is 2.15. The van der Waals surface area contributed by atoms with Crippen LogP contribution in [0, 0.1) is 0 Å². The molecule has 0 radical (unpaired) electrons. The molecule has 0 aliphatic carbocycles. The molecule has 1 atom stereocenters. The molecule has 0 bridgehead atoms. The number of hydrogen-bond donors (Lipinski definition) is 0. The number of rotatable bonds is 4. The number of sulfone groups is 1. The van der Waals surface area contributed by atoms with E-state index in [-0.39, 0.29) is 20.3 Å². The van der Waals surface area contributed by atoms with E-state index in [9.17, 15) is 13.2 Å². The Balaban J connectivity index is 2.28. The van der Waals surface area contributed by atoms with Gasteiger partial charge in [-0.05, 0) is 44.3 Å². The number of hydrogen-bond acceptors (Lipinski definition) is 6. The van der Waals surface area contributed by atoms with Gasteiger partial charge in [0, 0.05) is 17.8 Å². The molecule has 1 aromatic carbocycles. The number of thioether (sulfide) groups is 1. The SMILES string of the molecule is CC(=O)C(C)SC(=S)On1ccc2ccc(S(C)(=O)=O)cc21. The Kier molecular flexibility index (Phi) is 4.93. The molecule has 0 aliphatic heterocycles. The number of thiocarbonyl (C=S) groups is 1. The van der Waals surface area contributed by atoms with E-state index in [1.807, 2.05) is 0 Å². The molecule has 5 nitrogen and oxygen atoms in total. The molecule has 1 heterocycles. The maximum absolute atomic E-state index is 11.6. The van der Waals surface area contributed by atoms with Gasteiger partial charge in [-0.1, -0.05) is 17.8 Å². The van der Waals surface area contributed by atoms with Crippen molar-refractivity contribution in [3.8, 4) is 0 Å². The summed E-state index contributed by atoms with van der Waals surface area (Å²) in [6.07, 6.45) is 2.80. The van der Waals surface area contributed by atoms with Crippen LogP contribution in [0.3, 0.4) is 0 Å². The third-order valence-corrected chi connectivity index (χ3v) is 5.50. The average molecular weight is 357 g/mol. The number of benzene rings is 1. The van der Waals surface area contributed by atoms with Crippen molar-refractivity contribution in [2.24, 2.45) is 0 Å². The van der Waals surface area contributed by atoms with Crippen molar-refractivity contribution in [1.29, 1.82) is 0 Å². The lowest BCUT2D eigenvalue weighted by Gasteiger charge is -2.11. The van der Waals surface area contributed by atoms with Gasteiger partial charge in [-0.2, -0.15) is 4.73 Å². The van der Waals surface area contributed by atoms with Crippen molar-refractivity contribution in [2.75, 3.05) is 6.26 Å². The predicted molar refractivity (Wildman–Crippen MR) is 92.0 cm³/mol. The Morgan fingerprint density at radius 2 is 2.05 bits per heavy atom. The van der Waals surface area contributed by atoms with E-state index in [0.717, 1.165) is 23.4 Å². The third-order valence-electron chi connectivity index (χ3n) is 3.08. The van der Waals surface area contributed by atoms with Crippen LogP contribution in [0.25, 0.3) is 10.9 Å². The smallest absolute Gasteiger partial charge is 0.254 e.